The number of para-hydroxylation sites is 1. The lowest BCUT2D eigenvalue weighted by atomic mass is 10.1. The van der Waals surface area contributed by atoms with Crippen LogP contribution in [0.25, 0.3) is 10.9 Å². The van der Waals surface area contributed by atoms with Crippen molar-refractivity contribution in [2.24, 2.45) is 4.36 Å². The molecule has 146 valence electrons. The Bertz CT molecular complexity index is 1240. The van der Waals surface area contributed by atoms with Crippen molar-refractivity contribution < 1.29 is 10.2 Å². The second-order valence-electron chi connectivity index (χ2n) is 6.58. The van der Waals surface area contributed by atoms with Gasteiger partial charge < -0.3 is 15.5 Å². The Balaban J connectivity index is 1.75. The molecule has 0 saturated heterocycles. The van der Waals surface area contributed by atoms with Crippen molar-refractivity contribution in [3.05, 3.63) is 72.6 Å². The summed E-state index contributed by atoms with van der Waals surface area (Å²) in [6.45, 7) is 1.96. The van der Waals surface area contributed by atoms with Gasteiger partial charge in [-0.3, -0.25) is 0 Å². The molecule has 1 heterocycles. The van der Waals surface area contributed by atoms with E-state index in [0.29, 0.717) is 5.82 Å². The number of hydrogen-bond acceptors (Lipinski definition) is 6. The Morgan fingerprint density at radius 3 is 2.62 bits per heavy atom. The molecule has 4 aromatic rings. The molecule has 3 aromatic carbocycles. The third-order valence-electron chi connectivity index (χ3n) is 4.52. The van der Waals surface area contributed by atoms with Gasteiger partial charge in [-0.1, -0.05) is 28.9 Å². The summed E-state index contributed by atoms with van der Waals surface area (Å²) in [4.78, 5) is 9.52. The zero-order valence-corrected chi connectivity index (χ0v) is 16.8. The van der Waals surface area contributed by atoms with Crippen molar-refractivity contribution in [2.45, 2.75) is 11.8 Å². The van der Waals surface area contributed by atoms with Crippen LogP contribution >= 0.6 is 0 Å². The molecule has 0 aliphatic heterocycles. The normalized spacial score (nSPS) is 12.2. The highest BCUT2D eigenvalue weighted by Crippen LogP contribution is 2.30. The highest BCUT2D eigenvalue weighted by molar-refractivity contribution is 7.86. The van der Waals surface area contributed by atoms with Crippen LogP contribution in [0.1, 0.15) is 5.56 Å². The van der Waals surface area contributed by atoms with E-state index in [2.05, 4.69) is 15.3 Å². The number of aromatic hydroxyl groups is 2. The molecule has 0 spiro atoms. The zero-order valence-electron chi connectivity index (χ0n) is 16.0. The maximum atomic E-state index is 10.1. The Kier molecular flexibility index (Phi) is 5.14. The fourth-order valence-electron chi connectivity index (χ4n) is 2.99. The van der Waals surface area contributed by atoms with Gasteiger partial charge in [0.2, 0.25) is 0 Å². The van der Waals surface area contributed by atoms with Gasteiger partial charge in [-0.2, -0.15) is 0 Å². The largest absolute Gasteiger partial charge is 0.508 e. The molecule has 7 heteroatoms. The van der Waals surface area contributed by atoms with Crippen LogP contribution in [0.3, 0.4) is 0 Å². The minimum Gasteiger partial charge on any atom is -0.508 e. The van der Waals surface area contributed by atoms with Crippen LogP contribution in [0, 0.1) is 6.92 Å². The predicted octanol–water partition coefficient (Wildman–Crippen LogP) is 5.22. The second-order valence-corrected chi connectivity index (χ2v) is 8.16. The fraction of sp³-hybridized carbons (Fsp3) is 0.0909. The van der Waals surface area contributed by atoms with Gasteiger partial charge in [0.25, 0.3) is 0 Å². The van der Waals surface area contributed by atoms with Crippen LogP contribution in [0.15, 0.2) is 76.2 Å². The number of anilines is 2. The molecule has 0 aliphatic rings. The number of benzene rings is 3. The lowest BCUT2D eigenvalue weighted by molar-refractivity contribution is 0.462. The molecule has 1 atom stereocenters. The first-order valence-electron chi connectivity index (χ1n) is 8.98. The van der Waals surface area contributed by atoms with Gasteiger partial charge in [0, 0.05) is 17.1 Å². The van der Waals surface area contributed by atoms with E-state index in [9.17, 15) is 10.2 Å². The number of phenols is 2. The summed E-state index contributed by atoms with van der Waals surface area (Å²) >= 11 is 0. The number of fused-ring (bicyclic) bond motifs is 1. The van der Waals surface area contributed by atoms with E-state index >= 15 is 0 Å². The molecule has 3 N–H and O–H groups in total. The van der Waals surface area contributed by atoms with E-state index in [1.165, 1.54) is 6.33 Å². The van der Waals surface area contributed by atoms with Crippen LogP contribution in [0.2, 0.25) is 0 Å². The molecule has 29 heavy (non-hydrogen) atoms. The van der Waals surface area contributed by atoms with Crippen molar-refractivity contribution in [2.75, 3.05) is 11.6 Å². The van der Waals surface area contributed by atoms with Crippen molar-refractivity contribution in [1.29, 1.82) is 0 Å². The number of nitrogens with zero attached hydrogens (tertiary/aromatic N) is 3. The number of hydrogen-bond donors (Lipinski definition) is 3. The Morgan fingerprint density at radius 2 is 1.79 bits per heavy atom. The Morgan fingerprint density at radius 1 is 0.966 bits per heavy atom. The fourth-order valence-corrected chi connectivity index (χ4v) is 4.16. The minimum absolute atomic E-state index is 0.185. The Hall–Kier alpha value is -3.45. The topological polar surface area (TPSA) is 90.6 Å². The molecule has 0 radical (unpaired) electrons. The molecule has 0 bridgehead atoms. The molecule has 0 saturated carbocycles. The van der Waals surface area contributed by atoms with Crippen LogP contribution in [-0.2, 0) is 10.7 Å². The molecule has 1 unspecified atom stereocenters. The first-order chi connectivity index (χ1) is 14.0. The van der Waals surface area contributed by atoms with E-state index in [0.717, 1.165) is 32.7 Å². The van der Waals surface area contributed by atoms with Crippen LogP contribution in [0.4, 0.5) is 17.2 Å². The van der Waals surface area contributed by atoms with E-state index in [-0.39, 0.29) is 11.5 Å². The quantitative estimate of drug-likeness (QED) is 0.434. The van der Waals surface area contributed by atoms with Gasteiger partial charge in [0.15, 0.2) is 0 Å². The smallest absolute Gasteiger partial charge is 0.141 e. The lowest BCUT2D eigenvalue weighted by Gasteiger charge is -2.11. The summed E-state index contributed by atoms with van der Waals surface area (Å²) in [5, 5.41) is 24.0. The van der Waals surface area contributed by atoms with E-state index in [4.69, 9.17) is 4.36 Å². The average molecular weight is 404 g/mol. The average Bonchev–Trinajstić information content (AvgIpc) is 2.71. The predicted molar refractivity (Wildman–Crippen MR) is 117 cm³/mol. The maximum Gasteiger partial charge on any atom is 0.141 e. The second kappa shape index (κ2) is 7.89. The SMILES string of the molecule is Cc1ccc(O)cc1Nc1ncnc2ccc(N=S(C)c3ccccc3O)cc12. The monoisotopic (exact) mass is 404 g/mol. The molecule has 4 rings (SSSR count). The third-order valence-corrected chi connectivity index (χ3v) is 5.99. The van der Waals surface area contributed by atoms with Gasteiger partial charge in [-0.15, -0.1) is 0 Å². The van der Waals surface area contributed by atoms with Gasteiger partial charge in [0.05, 0.1) is 16.1 Å². The van der Waals surface area contributed by atoms with Crippen molar-refractivity contribution in [1.82, 2.24) is 9.97 Å². The van der Waals surface area contributed by atoms with E-state index in [1.54, 1.807) is 24.3 Å². The number of rotatable bonds is 4. The first-order valence-corrected chi connectivity index (χ1v) is 10.6. The van der Waals surface area contributed by atoms with Crippen molar-refractivity contribution in [3.63, 3.8) is 0 Å². The summed E-state index contributed by atoms with van der Waals surface area (Å²) in [5.74, 6) is 1.07. The van der Waals surface area contributed by atoms with Crippen LogP contribution in [0.5, 0.6) is 11.5 Å². The summed E-state index contributed by atoms with van der Waals surface area (Å²) in [5.41, 5.74) is 3.33. The summed E-state index contributed by atoms with van der Waals surface area (Å²) in [7, 11) is -0.509. The van der Waals surface area contributed by atoms with E-state index < -0.39 is 10.7 Å². The maximum absolute atomic E-state index is 10.1. The molecule has 1 aromatic heterocycles. The number of phenolic OH excluding ortho intramolecular Hbond substituents is 2. The summed E-state index contributed by atoms with van der Waals surface area (Å²) in [6, 6.07) is 18.1. The third kappa shape index (κ3) is 4.05. The van der Waals surface area contributed by atoms with Crippen molar-refractivity contribution in [3.8, 4) is 11.5 Å². The zero-order chi connectivity index (χ0) is 20.4. The minimum atomic E-state index is -0.509. The molecular weight excluding hydrogens is 384 g/mol. The van der Waals surface area contributed by atoms with Crippen LogP contribution in [-0.4, -0.2) is 26.4 Å². The van der Waals surface area contributed by atoms with Gasteiger partial charge in [0.1, 0.15) is 23.6 Å². The number of aromatic nitrogens is 2. The Labute approximate surface area is 171 Å². The summed E-state index contributed by atoms with van der Waals surface area (Å²) in [6.07, 6.45) is 3.47. The molecule has 0 amide bonds. The van der Waals surface area contributed by atoms with Gasteiger partial charge >= 0.3 is 0 Å². The standard InChI is InChI=1S/C22H20N4O2S/c1-14-7-9-16(27)12-19(14)25-22-17-11-15(8-10-18(17)23-13-24-22)26-29(2)21-6-4-3-5-20(21)28/h3-13,27-28H,1-2H3,(H,23,24,25). The summed E-state index contributed by atoms with van der Waals surface area (Å²) < 4.78 is 4.76. The van der Waals surface area contributed by atoms with Crippen LogP contribution < -0.4 is 5.32 Å². The molecule has 0 fully saturated rings. The van der Waals surface area contributed by atoms with Gasteiger partial charge in [-0.05, 0) is 55.1 Å². The highest BCUT2D eigenvalue weighted by atomic mass is 32.2. The highest BCUT2D eigenvalue weighted by Gasteiger charge is 2.08. The first kappa shape index (κ1) is 18.9. The molecule has 0 aliphatic carbocycles. The lowest BCUT2D eigenvalue weighted by Crippen LogP contribution is -1.97. The van der Waals surface area contributed by atoms with E-state index in [1.807, 2.05) is 49.6 Å². The molecular formula is C22H20N4O2S. The van der Waals surface area contributed by atoms with Gasteiger partial charge in [-0.25, -0.2) is 14.3 Å². The number of nitrogens with one attached hydrogen (secondary N) is 1. The van der Waals surface area contributed by atoms with Crippen molar-refractivity contribution >= 4 is 38.8 Å². The number of aryl methyl sites for hydroxylation is 1. The molecule has 6 nitrogen and oxygen atoms in total.